The number of benzene rings is 2. The second-order valence-corrected chi connectivity index (χ2v) is 4.63. The average Bonchev–Trinajstić information content (AvgIpc) is 2.42. The second-order valence-electron chi connectivity index (χ2n) is 3.78. The molecule has 2 aromatic rings. The Kier molecular flexibility index (Phi) is 4.49. The van der Waals surface area contributed by atoms with E-state index in [0.29, 0.717) is 10.7 Å². The molecule has 0 aromatic heterocycles. The average molecular weight is 290 g/mol. The van der Waals surface area contributed by atoms with E-state index in [4.69, 9.17) is 29.6 Å². The third-order valence-corrected chi connectivity index (χ3v) is 2.87. The first-order valence-corrected chi connectivity index (χ1v) is 6.40. The van der Waals surface area contributed by atoms with Gasteiger partial charge in [-0.05, 0) is 18.3 Å². The number of nitrogens with zero attached hydrogens (tertiary/aromatic N) is 1. The SMILES string of the molecule is NC(=S)NN=C(c1ccccc1)c1ccccc1Cl. The Labute approximate surface area is 122 Å². The van der Waals surface area contributed by atoms with Gasteiger partial charge in [-0.1, -0.05) is 60.1 Å². The summed E-state index contributed by atoms with van der Waals surface area (Å²) < 4.78 is 0. The standard InChI is InChI=1S/C14H12ClN3S/c15-12-9-5-4-8-11(12)13(17-18-14(16)19)10-6-2-1-3-7-10/h1-9H,(H3,16,18,19). The first-order chi connectivity index (χ1) is 9.18. The highest BCUT2D eigenvalue weighted by atomic mass is 35.5. The van der Waals surface area contributed by atoms with Gasteiger partial charge in [0.1, 0.15) is 0 Å². The van der Waals surface area contributed by atoms with Gasteiger partial charge >= 0.3 is 0 Å². The Hall–Kier alpha value is -1.91. The highest BCUT2D eigenvalue weighted by Gasteiger charge is 2.10. The van der Waals surface area contributed by atoms with E-state index < -0.39 is 0 Å². The third-order valence-electron chi connectivity index (χ3n) is 2.45. The smallest absolute Gasteiger partial charge is 0.184 e. The van der Waals surface area contributed by atoms with E-state index in [9.17, 15) is 0 Å². The fraction of sp³-hybridized carbons (Fsp3) is 0. The summed E-state index contributed by atoms with van der Waals surface area (Å²) in [5.41, 5.74) is 10.5. The topological polar surface area (TPSA) is 50.4 Å². The normalized spacial score (nSPS) is 11.1. The number of hydrazone groups is 1. The molecular formula is C14H12ClN3S. The van der Waals surface area contributed by atoms with Crippen LogP contribution >= 0.6 is 23.8 Å². The summed E-state index contributed by atoms with van der Waals surface area (Å²) in [5.74, 6) is 0. The van der Waals surface area contributed by atoms with E-state index in [2.05, 4.69) is 10.5 Å². The van der Waals surface area contributed by atoms with E-state index in [1.54, 1.807) is 0 Å². The number of nitrogens with one attached hydrogen (secondary N) is 1. The van der Waals surface area contributed by atoms with Crippen molar-refractivity contribution in [2.75, 3.05) is 0 Å². The number of hydrogen-bond donors (Lipinski definition) is 2. The van der Waals surface area contributed by atoms with Crippen LogP contribution in [0, 0.1) is 0 Å². The summed E-state index contributed by atoms with van der Waals surface area (Å²) in [5, 5.41) is 4.97. The molecule has 0 aliphatic heterocycles. The van der Waals surface area contributed by atoms with E-state index in [1.165, 1.54) is 0 Å². The molecule has 0 aliphatic rings. The van der Waals surface area contributed by atoms with Crippen molar-refractivity contribution in [3.05, 3.63) is 70.7 Å². The van der Waals surface area contributed by atoms with Crippen molar-refractivity contribution in [2.24, 2.45) is 10.8 Å². The van der Waals surface area contributed by atoms with Gasteiger partial charge in [0, 0.05) is 11.1 Å². The second kappa shape index (κ2) is 6.31. The summed E-state index contributed by atoms with van der Waals surface area (Å²) in [6.45, 7) is 0. The van der Waals surface area contributed by atoms with Crippen molar-refractivity contribution in [1.82, 2.24) is 5.43 Å². The number of thiocarbonyl (C=S) groups is 1. The Morgan fingerprint density at radius 3 is 2.32 bits per heavy atom. The molecule has 0 spiro atoms. The van der Waals surface area contributed by atoms with E-state index in [0.717, 1.165) is 11.1 Å². The zero-order valence-electron chi connectivity index (χ0n) is 10.0. The Balaban J connectivity index is 2.50. The highest BCUT2D eigenvalue weighted by Crippen LogP contribution is 2.19. The molecule has 0 bridgehead atoms. The monoisotopic (exact) mass is 289 g/mol. The molecule has 3 N–H and O–H groups in total. The molecule has 0 radical (unpaired) electrons. The number of hydrogen-bond acceptors (Lipinski definition) is 2. The van der Waals surface area contributed by atoms with E-state index >= 15 is 0 Å². The fourth-order valence-corrected chi connectivity index (χ4v) is 1.91. The maximum Gasteiger partial charge on any atom is 0.184 e. The molecule has 0 aliphatic carbocycles. The molecule has 3 nitrogen and oxygen atoms in total. The van der Waals surface area contributed by atoms with Crippen LogP contribution in [0.1, 0.15) is 11.1 Å². The van der Waals surface area contributed by atoms with Gasteiger partial charge in [-0.2, -0.15) is 5.10 Å². The maximum absolute atomic E-state index is 6.21. The summed E-state index contributed by atoms with van der Waals surface area (Å²) >= 11 is 11.0. The lowest BCUT2D eigenvalue weighted by atomic mass is 10.0. The summed E-state index contributed by atoms with van der Waals surface area (Å²) in [6, 6.07) is 17.2. The highest BCUT2D eigenvalue weighted by molar-refractivity contribution is 7.80. The van der Waals surface area contributed by atoms with Crippen LogP contribution in [0.2, 0.25) is 5.02 Å². The van der Waals surface area contributed by atoms with Crippen molar-refractivity contribution in [1.29, 1.82) is 0 Å². The van der Waals surface area contributed by atoms with Crippen molar-refractivity contribution in [2.45, 2.75) is 0 Å². The van der Waals surface area contributed by atoms with Crippen LogP contribution in [0.5, 0.6) is 0 Å². The molecule has 0 saturated carbocycles. The van der Waals surface area contributed by atoms with Gasteiger partial charge in [0.25, 0.3) is 0 Å². The molecule has 2 aromatic carbocycles. The van der Waals surface area contributed by atoms with Crippen LogP contribution < -0.4 is 11.2 Å². The molecule has 96 valence electrons. The Morgan fingerprint density at radius 1 is 1.05 bits per heavy atom. The summed E-state index contributed by atoms with van der Waals surface area (Å²) in [7, 11) is 0. The fourth-order valence-electron chi connectivity index (χ4n) is 1.64. The van der Waals surface area contributed by atoms with Crippen LogP contribution in [0.3, 0.4) is 0 Å². The van der Waals surface area contributed by atoms with Gasteiger partial charge in [0.15, 0.2) is 5.11 Å². The van der Waals surface area contributed by atoms with Gasteiger partial charge in [0.2, 0.25) is 0 Å². The molecule has 0 saturated heterocycles. The van der Waals surface area contributed by atoms with Crippen LogP contribution in [-0.4, -0.2) is 10.8 Å². The quantitative estimate of drug-likeness (QED) is 0.519. The van der Waals surface area contributed by atoms with Crippen molar-refractivity contribution >= 4 is 34.6 Å². The predicted molar refractivity (Wildman–Crippen MR) is 83.5 cm³/mol. The van der Waals surface area contributed by atoms with Crippen molar-refractivity contribution in [3.8, 4) is 0 Å². The number of halogens is 1. The zero-order chi connectivity index (χ0) is 13.7. The van der Waals surface area contributed by atoms with Gasteiger partial charge in [0.05, 0.1) is 10.7 Å². The minimum atomic E-state index is 0.112. The van der Waals surface area contributed by atoms with Gasteiger partial charge in [-0.3, -0.25) is 5.43 Å². The van der Waals surface area contributed by atoms with Crippen molar-refractivity contribution in [3.63, 3.8) is 0 Å². The van der Waals surface area contributed by atoms with Crippen LogP contribution in [0.4, 0.5) is 0 Å². The van der Waals surface area contributed by atoms with Crippen LogP contribution in [0.25, 0.3) is 0 Å². The van der Waals surface area contributed by atoms with Crippen LogP contribution in [0.15, 0.2) is 59.7 Å². The van der Waals surface area contributed by atoms with E-state index in [-0.39, 0.29) is 5.11 Å². The van der Waals surface area contributed by atoms with Crippen molar-refractivity contribution < 1.29 is 0 Å². The lowest BCUT2D eigenvalue weighted by Crippen LogP contribution is -2.26. The van der Waals surface area contributed by atoms with E-state index in [1.807, 2.05) is 54.6 Å². The van der Waals surface area contributed by atoms with Crippen LogP contribution in [-0.2, 0) is 0 Å². The lowest BCUT2D eigenvalue weighted by molar-refractivity contribution is 1.03. The third kappa shape index (κ3) is 3.53. The predicted octanol–water partition coefficient (Wildman–Crippen LogP) is 2.93. The molecule has 2 rings (SSSR count). The number of rotatable bonds is 3. The molecule has 0 unspecified atom stereocenters. The summed E-state index contributed by atoms with van der Waals surface area (Å²) in [4.78, 5) is 0. The zero-order valence-corrected chi connectivity index (χ0v) is 11.6. The minimum Gasteiger partial charge on any atom is -0.375 e. The minimum absolute atomic E-state index is 0.112. The van der Waals surface area contributed by atoms with Gasteiger partial charge in [-0.25, -0.2) is 0 Å². The van der Waals surface area contributed by atoms with Gasteiger partial charge in [-0.15, -0.1) is 0 Å². The molecular weight excluding hydrogens is 278 g/mol. The largest absolute Gasteiger partial charge is 0.375 e. The molecule has 0 atom stereocenters. The first-order valence-electron chi connectivity index (χ1n) is 5.62. The molecule has 0 heterocycles. The maximum atomic E-state index is 6.21. The molecule has 0 amide bonds. The lowest BCUT2D eigenvalue weighted by Gasteiger charge is -2.09. The number of nitrogens with two attached hydrogens (primary N) is 1. The Morgan fingerprint density at radius 2 is 1.68 bits per heavy atom. The van der Waals surface area contributed by atoms with Gasteiger partial charge < -0.3 is 5.73 Å². The Bertz CT molecular complexity index is 611. The molecule has 0 fully saturated rings. The first kappa shape index (κ1) is 13.5. The molecule has 19 heavy (non-hydrogen) atoms. The summed E-state index contributed by atoms with van der Waals surface area (Å²) in [6.07, 6.45) is 0. The molecule has 5 heteroatoms.